The van der Waals surface area contributed by atoms with Gasteiger partial charge < -0.3 is 24.3 Å². The fourth-order valence-electron chi connectivity index (χ4n) is 5.14. The zero-order valence-electron chi connectivity index (χ0n) is 25.0. The van der Waals surface area contributed by atoms with E-state index in [4.69, 9.17) is 9.15 Å². The number of nitrogens with one attached hydrogen (secondary N) is 1. The number of ether oxygens (including phenoxy) is 1. The number of esters is 1. The Labute approximate surface area is 245 Å². The quantitative estimate of drug-likeness (QED) is 0.278. The maximum Gasteiger partial charge on any atom is 0.340 e. The molecule has 0 bridgehead atoms. The average Bonchev–Trinajstić information content (AvgIpc) is 2.94. The van der Waals surface area contributed by atoms with Gasteiger partial charge in [-0.2, -0.15) is 0 Å². The van der Waals surface area contributed by atoms with Crippen LogP contribution in [-0.2, 0) is 9.53 Å². The molecule has 1 saturated heterocycles. The van der Waals surface area contributed by atoms with Crippen molar-refractivity contribution in [1.29, 1.82) is 0 Å². The number of carbonyl (C=O) groups excluding carboxylic acids is 2. The van der Waals surface area contributed by atoms with Gasteiger partial charge >= 0.3 is 5.97 Å². The van der Waals surface area contributed by atoms with E-state index in [0.29, 0.717) is 41.1 Å². The molecule has 5 rings (SSSR count). The lowest BCUT2D eigenvalue weighted by molar-refractivity contribution is -0.129. The highest BCUT2D eigenvalue weighted by Crippen LogP contribution is 2.32. The zero-order valence-corrected chi connectivity index (χ0v) is 25.0. The van der Waals surface area contributed by atoms with Crippen LogP contribution in [0.2, 0.25) is 0 Å². The summed E-state index contributed by atoms with van der Waals surface area (Å²) in [4.78, 5) is 42.2. The molecule has 1 unspecified atom stereocenters. The van der Waals surface area contributed by atoms with Gasteiger partial charge in [-0.25, -0.2) is 4.79 Å². The lowest BCUT2D eigenvalue weighted by Crippen LogP contribution is -2.48. The van der Waals surface area contributed by atoms with E-state index in [-0.39, 0.29) is 17.4 Å². The number of para-hydroxylation sites is 1. The number of hydrogen-bond donors (Lipinski definition) is 1. The third kappa shape index (κ3) is 6.17. The molecule has 1 N–H and O–H groups in total. The third-order valence-corrected chi connectivity index (χ3v) is 7.36. The minimum atomic E-state index is -0.623. The lowest BCUT2D eigenvalue weighted by atomic mass is 10.00. The summed E-state index contributed by atoms with van der Waals surface area (Å²) in [6.07, 6.45) is 0. The molecule has 1 atom stereocenters. The first-order chi connectivity index (χ1) is 19.9. The molecule has 1 aliphatic heterocycles. The Morgan fingerprint density at radius 1 is 1.00 bits per heavy atom. The van der Waals surface area contributed by atoms with E-state index >= 15 is 0 Å². The van der Waals surface area contributed by atoms with Crippen molar-refractivity contribution in [3.63, 3.8) is 0 Å². The number of fused-ring (bicyclic) bond motifs is 1. The second kappa shape index (κ2) is 11.4. The summed E-state index contributed by atoms with van der Waals surface area (Å²) >= 11 is 0. The summed E-state index contributed by atoms with van der Waals surface area (Å²) in [7, 11) is 1.82. The summed E-state index contributed by atoms with van der Waals surface area (Å²) in [5, 5.41) is 3.94. The van der Waals surface area contributed by atoms with E-state index in [1.54, 1.807) is 17.0 Å². The van der Waals surface area contributed by atoms with Gasteiger partial charge in [0.25, 0.3) is 0 Å². The molecule has 1 aromatic heterocycles. The molecule has 3 aromatic carbocycles. The molecular weight excluding hydrogens is 530 g/mol. The van der Waals surface area contributed by atoms with E-state index in [1.165, 1.54) is 6.07 Å². The zero-order chi connectivity index (χ0) is 30.2. The number of piperazine rings is 1. The molecule has 218 valence electrons. The maximum absolute atomic E-state index is 13.3. The number of benzene rings is 3. The van der Waals surface area contributed by atoms with Crippen molar-refractivity contribution in [2.75, 3.05) is 36.9 Å². The van der Waals surface area contributed by atoms with Crippen LogP contribution in [0.5, 0.6) is 0 Å². The largest absolute Gasteiger partial charge is 0.456 e. The van der Waals surface area contributed by atoms with Gasteiger partial charge in [-0.15, -0.1) is 0 Å². The second-order valence-electron chi connectivity index (χ2n) is 11.9. The van der Waals surface area contributed by atoms with Gasteiger partial charge in [0.1, 0.15) is 16.9 Å². The number of anilines is 2. The Balaban J connectivity index is 1.48. The van der Waals surface area contributed by atoms with Gasteiger partial charge in [-0.1, -0.05) is 18.2 Å². The highest BCUT2D eigenvalue weighted by Gasteiger charge is 2.23. The van der Waals surface area contributed by atoms with E-state index in [9.17, 15) is 14.4 Å². The van der Waals surface area contributed by atoms with Crippen molar-refractivity contribution in [3.8, 4) is 11.3 Å². The first kappa shape index (κ1) is 28.9. The van der Waals surface area contributed by atoms with Gasteiger partial charge in [0, 0.05) is 48.7 Å². The van der Waals surface area contributed by atoms with Crippen LogP contribution in [0.25, 0.3) is 22.3 Å². The van der Waals surface area contributed by atoms with Crippen LogP contribution in [0.15, 0.2) is 75.9 Å². The van der Waals surface area contributed by atoms with Gasteiger partial charge in [0.05, 0.1) is 23.5 Å². The molecule has 1 amide bonds. The Bertz CT molecular complexity index is 1700. The van der Waals surface area contributed by atoms with Gasteiger partial charge in [0.2, 0.25) is 5.91 Å². The molecule has 4 aromatic rings. The fourth-order valence-corrected chi connectivity index (χ4v) is 5.14. The number of amides is 1. The molecule has 0 spiro atoms. The van der Waals surface area contributed by atoms with E-state index < -0.39 is 11.6 Å². The predicted octanol–water partition coefficient (Wildman–Crippen LogP) is 6.18. The molecule has 8 nitrogen and oxygen atoms in total. The van der Waals surface area contributed by atoms with E-state index in [1.807, 2.05) is 95.1 Å². The molecule has 2 heterocycles. The topological polar surface area (TPSA) is 92.1 Å². The molecule has 1 aliphatic rings. The Morgan fingerprint density at radius 3 is 2.40 bits per heavy atom. The number of rotatable bonds is 6. The minimum absolute atomic E-state index is 0.0881. The van der Waals surface area contributed by atoms with Crippen molar-refractivity contribution in [3.05, 3.63) is 93.6 Å². The third-order valence-electron chi connectivity index (χ3n) is 7.36. The van der Waals surface area contributed by atoms with Crippen LogP contribution < -0.4 is 15.6 Å². The number of nitrogens with zero attached hydrogens (tertiary/aromatic N) is 2. The summed E-state index contributed by atoms with van der Waals surface area (Å²) < 4.78 is 12.0. The van der Waals surface area contributed by atoms with E-state index in [2.05, 4.69) is 5.32 Å². The normalized spacial score (nSPS) is 14.7. The van der Waals surface area contributed by atoms with Crippen molar-refractivity contribution >= 4 is 34.2 Å². The van der Waals surface area contributed by atoms with Crippen LogP contribution in [0.4, 0.5) is 11.4 Å². The number of carbonyl (C=O) groups is 2. The predicted molar refractivity (Wildman–Crippen MR) is 166 cm³/mol. The Morgan fingerprint density at radius 2 is 1.71 bits per heavy atom. The SMILES string of the molecule is Cc1cc(C(C)Nc2ccccc2C(=O)OC(C)(C)C)c2oc(-c3ccc(N4CCN(C)C(=O)C4)cc3)cc(=O)c2c1. The van der Waals surface area contributed by atoms with Crippen molar-refractivity contribution in [1.82, 2.24) is 4.90 Å². The summed E-state index contributed by atoms with van der Waals surface area (Å²) in [6.45, 7) is 11.2. The van der Waals surface area contributed by atoms with Gasteiger partial charge in [-0.05, 0) is 82.6 Å². The van der Waals surface area contributed by atoms with Crippen LogP contribution >= 0.6 is 0 Å². The molecule has 0 aliphatic carbocycles. The molecule has 42 heavy (non-hydrogen) atoms. The van der Waals surface area contributed by atoms with Crippen LogP contribution in [0, 0.1) is 6.92 Å². The standard InChI is InChI=1S/C34H37N3O5/c1-21-17-26(22(2)35-28-10-8-7-9-25(28)33(40)42-34(3,4)5)32-27(18-21)29(38)19-30(41-32)23-11-13-24(14-12-23)37-16-15-36(6)31(39)20-37/h7-14,17-19,22,35H,15-16,20H2,1-6H3. The van der Waals surface area contributed by atoms with Crippen molar-refractivity contribution in [2.45, 2.75) is 46.3 Å². The van der Waals surface area contributed by atoms with Gasteiger partial charge in [-0.3, -0.25) is 9.59 Å². The van der Waals surface area contributed by atoms with Gasteiger partial charge in [0.15, 0.2) is 5.43 Å². The first-order valence-corrected chi connectivity index (χ1v) is 14.2. The smallest absolute Gasteiger partial charge is 0.340 e. The monoisotopic (exact) mass is 567 g/mol. The lowest BCUT2D eigenvalue weighted by Gasteiger charge is -2.33. The summed E-state index contributed by atoms with van der Waals surface area (Å²) in [6, 6.07) is 20.0. The van der Waals surface area contributed by atoms with Crippen molar-refractivity contribution < 1.29 is 18.7 Å². The highest BCUT2D eigenvalue weighted by molar-refractivity contribution is 5.96. The fraction of sp³-hybridized carbons (Fsp3) is 0.324. The van der Waals surface area contributed by atoms with Crippen molar-refractivity contribution in [2.24, 2.45) is 0 Å². The van der Waals surface area contributed by atoms with Crippen LogP contribution in [0.3, 0.4) is 0 Å². The molecular formula is C34H37N3O5. The second-order valence-corrected chi connectivity index (χ2v) is 11.9. The first-order valence-electron chi connectivity index (χ1n) is 14.2. The highest BCUT2D eigenvalue weighted by atomic mass is 16.6. The number of hydrogen-bond acceptors (Lipinski definition) is 7. The van der Waals surface area contributed by atoms with Crippen LogP contribution in [0.1, 0.15) is 55.2 Å². The average molecular weight is 568 g/mol. The summed E-state index contributed by atoms with van der Waals surface area (Å²) in [5.41, 5.74) is 4.24. The number of likely N-dealkylation sites (N-methyl/N-ethyl adjacent to an activating group) is 1. The molecule has 1 fully saturated rings. The van der Waals surface area contributed by atoms with E-state index in [0.717, 1.165) is 28.9 Å². The Kier molecular flexibility index (Phi) is 7.82. The number of aryl methyl sites for hydroxylation is 1. The molecule has 0 saturated carbocycles. The molecule has 8 heteroatoms. The van der Waals surface area contributed by atoms with Crippen LogP contribution in [-0.4, -0.2) is 49.1 Å². The minimum Gasteiger partial charge on any atom is -0.456 e. The summed E-state index contributed by atoms with van der Waals surface area (Å²) in [5.74, 6) is 0.134. The molecule has 0 radical (unpaired) electrons. The Hall–Kier alpha value is -4.59. The maximum atomic E-state index is 13.3.